The molecule has 72 valence electrons. The van der Waals surface area contributed by atoms with Gasteiger partial charge in [0.15, 0.2) is 0 Å². The SMILES string of the molecule is NC(=O)CCNCCCCCO. The summed E-state index contributed by atoms with van der Waals surface area (Å²) in [6, 6.07) is 0. The first-order chi connectivity index (χ1) is 5.77. The Morgan fingerprint density at radius 3 is 2.58 bits per heavy atom. The molecule has 4 N–H and O–H groups in total. The lowest BCUT2D eigenvalue weighted by molar-refractivity contribution is -0.117. The predicted molar refractivity (Wildman–Crippen MR) is 47.6 cm³/mol. The third-order valence-electron chi connectivity index (χ3n) is 1.56. The number of nitrogens with two attached hydrogens (primary N) is 1. The number of aliphatic hydroxyl groups is 1. The number of primary amides is 1. The average molecular weight is 174 g/mol. The predicted octanol–water partition coefficient (Wildman–Crippen LogP) is -0.386. The molecule has 4 heteroatoms. The van der Waals surface area contributed by atoms with Crippen LogP contribution in [0.3, 0.4) is 0 Å². The molecule has 0 aliphatic carbocycles. The molecule has 0 radical (unpaired) electrons. The van der Waals surface area contributed by atoms with Crippen molar-refractivity contribution < 1.29 is 9.90 Å². The fraction of sp³-hybridized carbons (Fsp3) is 0.875. The van der Waals surface area contributed by atoms with E-state index in [9.17, 15) is 4.79 Å². The maximum absolute atomic E-state index is 10.3. The maximum Gasteiger partial charge on any atom is 0.218 e. The zero-order valence-corrected chi connectivity index (χ0v) is 7.38. The van der Waals surface area contributed by atoms with Gasteiger partial charge in [0, 0.05) is 19.6 Å². The smallest absolute Gasteiger partial charge is 0.218 e. The molecule has 0 aromatic carbocycles. The third-order valence-corrected chi connectivity index (χ3v) is 1.56. The van der Waals surface area contributed by atoms with Crippen LogP contribution in [0.1, 0.15) is 25.7 Å². The van der Waals surface area contributed by atoms with Crippen LogP contribution in [0.15, 0.2) is 0 Å². The molecule has 0 saturated carbocycles. The van der Waals surface area contributed by atoms with Crippen LogP contribution in [0, 0.1) is 0 Å². The highest BCUT2D eigenvalue weighted by molar-refractivity contribution is 5.73. The lowest BCUT2D eigenvalue weighted by atomic mass is 10.2. The van der Waals surface area contributed by atoms with Crippen molar-refractivity contribution in [3.8, 4) is 0 Å². The second kappa shape index (κ2) is 8.49. The summed E-state index contributed by atoms with van der Waals surface area (Å²) in [7, 11) is 0. The van der Waals surface area contributed by atoms with Crippen LogP contribution < -0.4 is 11.1 Å². The van der Waals surface area contributed by atoms with Gasteiger partial charge in [-0.25, -0.2) is 0 Å². The molecule has 0 spiro atoms. The van der Waals surface area contributed by atoms with Gasteiger partial charge in [-0.15, -0.1) is 0 Å². The number of hydrogen-bond donors (Lipinski definition) is 3. The van der Waals surface area contributed by atoms with Gasteiger partial charge in [-0.3, -0.25) is 4.79 Å². The third kappa shape index (κ3) is 9.39. The van der Waals surface area contributed by atoms with Crippen molar-refractivity contribution in [2.75, 3.05) is 19.7 Å². The molecule has 1 amide bonds. The van der Waals surface area contributed by atoms with E-state index in [1.807, 2.05) is 0 Å². The van der Waals surface area contributed by atoms with Crippen LogP contribution in [0.2, 0.25) is 0 Å². The van der Waals surface area contributed by atoms with Crippen molar-refractivity contribution >= 4 is 5.91 Å². The summed E-state index contributed by atoms with van der Waals surface area (Å²) in [5, 5.41) is 11.6. The molecule has 0 heterocycles. The molecule has 0 unspecified atom stereocenters. The van der Waals surface area contributed by atoms with Crippen LogP contribution in [0.4, 0.5) is 0 Å². The van der Waals surface area contributed by atoms with Crippen LogP contribution in [-0.4, -0.2) is 30.7 Å². The summed E-state index contributed by atoms with van der Waals surface area (Å²) in [4.78, 5) is 10.3. The topological polar surface area (TPSA) is 75.4 Å². The number of amides is 1. The largest absolute Gasteiger partial charge is 0.396 e. The number of carbonyl (C=O) groups is 1. The van der Waals surface area contributed by atoms with Gasteiger partial charge < -0.3 is 16.2 Å². The summed E-state index contributed by atoms with van der Waals surface area (Å²) in [6.07, 6.45) is 3.33. The van der Waals surface area contributed by atoms with Crippen LogP contribution in [0.25, 0.3) is 0 Å². The lowest BCUT2D eigenvalue weighted by Gasteiger charge is -2.01. The van der Waals surface area contributed by atoms with Gasteiger partial charge in [0.05, 0.1) is 0 Å². The molecule has 0 fully saturated rings. The Balaban J connectivity index is 2.86. The Kier molecular flexibility index (Phi) is 8.05. The van der Waals surface area contributed by atoms with Crippen molar-refractivity contribution in [2.45, 2.75) is 25.7 Å². The summed E-state index contributed by atoms with van der Waals surface area (Å²) in [5.74, 6) is -0.266. The number of carbonyl (C=O) groups excluding carboxylic acids is 1. The zero-order chi connectivity index (χ0) is 9.23. The van der Waals surface area contributed by atoms with Crippen LogP contribution in [0.5, 0.6) is 0 Å². The molecule has 0 saturated heterocycles. The molecule has 12 heavy (non-hydrogen) atoms. The van der Waals surface area contributed by atoms with E-state index in [-0.39, 0.29) is 12.5 Å². The standard InChI is InChI=1S/C8H18N2O2/c9-8(12)4-6-10-5-2-1-3-7-11/h10-11H,1-7H2,(H2,9,12). The summed E-state index contributed by atoms with van der Waals surface area (Å²) in [6.45, 7) is 1.82. The summed E-state index contributed by atoms with van der Waals surface area (Å²) < 4.78 is 0. The quantitative estimate of drug-likeness (QED) is 0.439. The van der Waals surface area contributed by atoms with Crippen molar-refractivity contribution in [1.82, 2.24) is 5.32 Å². The van der Waals surface area contributed by atoms with Crippen LogP contribution >= 0.6 is 0 Å². The van der Waals surface area contributed by atoms with Gasteiger partial charge in [-0.1, -0.05) is 0 Å². The second-order valence-electron chi connectivity index (χ2n) is 2.75. The molecule has 0 aromatic rings. The monoisotopic (exact) mass is 174 g/mol. The molecule has 0 aliphatic rings. The normalized spacial score (nSPS) is 10.1. The van der Waals surface area contributed by atoms with Crippen molar-refractivity contribution in [2.24, 2.45) is 5.73 Å². The van der Waals surface area contributed by atoms with E-state index < -0.39 is 0 Å². The highest BCUT2D eigenvalue weighted by Crippen LogP contribution is 1.91. The Morgan fingerprint density at radius 2 is 2.00 bits per heavy atom. The van der Waals surface area contributed by atoms with Crippen molar-refractivity contribution in [1.29, 1.82) is 0 Å². The highest BCUT2D eigenvalue weighted by Gasteiger charge is 1.92. The van der Waals surface area contributed by atoms with Gasteiger partial charge in [-0.2, -0.15) is 0 Å². The molecule has 0 rings (SSSR count). The van der Waals surface area contributed by atoms with E-state index in [0.29, 0.717) is 13.0 Å². The van der Waals surface area contributed by atoms with Crippen LogP contribution in [-0.2, 0) is 4.79 Å². The number of unbranched alkanes of at least 4 members (excludes halogenated alkanes) is 2. The van der Waals surface area contributed by atoms with Gasteiger partial charge in [0.25, 0.3) is 0 Å². The fourth-order valence-electron chi connectivity index (χ4n) is 0.875. The molecule has 4 nitrogen and oxygen atoms in total. The van der Waals surface area contributed by atoms with Crippen molar-refractivity contribution in [3.63, 3.8) is 0 Å². The first-order valence-electron chi connectivity index (χ1n) is 4.37. The van der Waals surface area contributed by atoms with Gasteiger partial charge in [0.1, 0.15) is 0 Å². The first-order valence-corrected chi connectivity index (χ1v) is 4.37. The Morgan fingerprint density at radius 1 is 1.25 bits per heavy atom. The van der Waals surface area contributed by atoms with E-state index >= 15 is 0 Å². The first kappa shape index (κ1) is 11.4. The fourth-order valence-corrected chi connectivity index (χ4v) is 0.875. The molecular weight excluding hydrogens is 156 g/mol. The zero-order valence-electron chi connectivity index (χ0n) is 7.38. The van der Waals surface area contributed by atoms with Crippen molar-refractivity contribution in [3.05, 3.63) is 0 Å². The van der Waals surface area contributed by atoms with E-state index in [4.69, 9.17) is 10.8 Å². The number of nitrogens with one attached hydrogen (secondary N) is 1. The molecular formula is C8H18N2O2. The second-order valence-corrected chi connectivity index (χ2v) is 2.75. The van der Waals surface area contributed by atoms with E-state index in [0.717, 1.165) is 25.8 Å². The molecule has 0 atom stereocenters. The minimum absolute atomic E-state index is 0.265. The Hall–Kier alpha value is -0.610. The number of aliphatic hydroxyl groups excluding tert-OH is 1. The summed E-state index contributed by atoms with van der Waals surface area (Å²) in [5.41, 5.74) is 4.94. The van der Waals surface area contributed by atoms with E-state index in [1.54, 1.807) is 0 Å². The van der Waals surface area contributed by atoms with Gasteiger partial charge in [0.2, 0.25) is 5.91 Å². The van der Waals surface area contributed by atoms with Gasteiger partial charge in [-0.05, 0) is 25.8 Å². The van der Waals surface area contributed by atoms with E-state index in [1.165, 1.54) is 0 Å². The summed E-state index contributed by atoms with van der Waals surface area (Å²) >= 11 is 0. The maximum atomic E-state index is 10.3. The molecule has 0 bridgehead atoms. The molecule has 0 aliphatic heterocycles. The average Bonchev–Trinajstić information content (AvgIpc) is 2.02. The van der Waals surface area contributed by atoms with E-state index in [2.05, 4.69) is 5.32 Å². The highest BCUT2D eigenvalue weighted by atomic mass is 16.2. The number of rotatable bonds is 8. The van der Waals surface area contributed by atoms with Gasteiger partial charge >= 0.3 is 0 Å². The lowest BCUT2D eigenvalue weighted by Crippen LogP contribution is -2.22. The Labute approximate surface area is 73.1 Å². The number of hydrogen-bond acceptors (Lipinski definition) is 3. The Bertz CT molecular complexity index is 118. The minimum Gasteiger partial charge on any atom is -0.396 e. The minimum atomic E-state index is -0.266. The molecule has 0 aromatic heterocycles.